The van der Waals surface area contributed by atoms with Gasteiger partial charge in [-0.3, -0.25) is 14.9 Å². The first-order valence-electron chi connectivity index (χ1n) is 8.68. The summed E-state index contributed by atoms with van der Waals surface area (Å²) < 4.78 is 12.1. The van der Waals surface area contributed by atoms with Gasteiger partial charge in [-0.1, -0.05) is 0 Å². The minimum atomic E-state index is -0.714. The molecule has 0 aliphatic rings. The van der Waals surface area contributed by atoms with Crippen molar-refractivity contribution in [2.45, 2.75) is 6.92 Å². The summed E-state index contributed by atoms with van der Waals surface area (Å²) in [5.74, 6) is 0.0724. The molecule has 0 saturated carbocycles. The standard InChI is InChI=1S/C19H14N6O5/c1-12-10-11-24(23-12)16-7-8-17(22-21-16)29-14-4-2-13(3-5-14)20-19(26)15-6-9-18(30-15)25(27)28/h2-11H,1H3,(H,20,26). The van der Waals surface area contributed by atoms with E-state index in [1.54, 1.807) is 47.3 Å². The predicted octanol–water partition coefficient (Wildman–Crippen LogP) is 3.52. The largest absolute Gasteiger partial charge is 0.438 e. The maximum absolute atomic E-state index is 12.1. The van der Waals surface area contributed by atoms with Crippen LogP contribution in [-0.4, -0.2) is 30.8 Å². The van der Waals surface area contributed by atoms with Crippen LogP contribution in [0.4, 0.5) is 11.6 Å². The zero-order valence-corrected chi connectivity index (χ0v) is 15.6. The molecule has 0 fully saturated rings. The SMILES string of the molecule is Cc1ccn(-c2ccc(Oc3ccc(NC(=O)c4ccc([N+](=O)[O-])o4)cc3)nn2)n1. The van der Waals surface area contributed by atoms with Gasteiger partial charge in [0.05, 0.1) is 11.8 Å². The van der Waals surface area contributed by atoms with Crippen molar-refractivity contribution in [1.29, 1.82) is 0 Å². The van der Waals surface area contributed by atoms with Gasteiger partial charge in [0.25, 0.3) is 5.91 Å². The fraction of sp³-hybridized carbons (Fsp3) is 0.0526. The van der Waals surface area contributed by atoms with Crippen molar-refractivity contribution in [2.24, 2.45) is 0 Å². The van der Waals surface area contributed by atoms with Crippen molar-refractivity contribution in [3.63, 3.8) is 0 Å². The molecule has 0 unspecified atom stereocenters. The van der Waals surface area contributed by atoms with E-state index >= 15 is 0 Å². The number of furan rings is 1. The Bertz CT molecular complexity index is 1200. The number of benzene rings is 1. The number of carbonyl (C=O) groups is 1. The number of aryl methyl sites for hydroxylation is 1. The lowest BCUT2D eigenvalue weighted by Crippen LogP contribution is -2.10. The Kier molecular flexibility index (Phi) is 4.91. The van der Waals surface area contributed by atoms with E-state index in [4.69, 9.17) is 9.15 Å². The molecule has 1 aromatic carbocycles. The molecule has 4 aromatic rings. The highest BCUT2D eigenvalue weighted by Gasteiger charge is 2.17. The van der Waals surface area contributed by atoms with E-state index in [1.165, 1.54) is 6.07 Å². The molecule has 3 aromatic heterocycles. The van der Waals surface area contributed by atoms with Crippen molar-refractivity contribution < 1.29 is 18.9 Å². The second-order valence-corrected chi connectivity index (χ2v) is 6.11. The van der Waals surface area contributed by atoms with E-state index in [2.05, 4.69) is 20.6 Å². The Morgan fingerprint density at radius 3 is 2.50 bits per heavy atom. The lowest BCUT2D eigenvalue weighted by atomic mass is 10.3. The van der Waals surface area contributed by atoms with Gasteiger partial charge in [0.1, 0.15) is 10.7 Å². The highest BCUT2D eigenvalue weighted by molar-refractivity contribution is 6.02. The van der Waals surface area contributed by atoms with E-state index in [0.29, 0.717) is 23.1 Å². The Hall–Kier alpha value is -4.54. The third-order valence-corrected chi connectivity index (χ3v) is 3.91. The Labute approximate surface area is 169 Å². The number of anilines is 1. The number of nitro groups is 1. The van der Waals surface area contributed by atoms with Crippen LogP contribution >= 0.6 is 0 Å². The van der Waals surface area contributed by atoms with E-state index in [1.807, 2.05) is 13.0 Å². The zero-order valence-electron chi connectivity index (χ0n) is 15.6. The summed E-state index contributed by atoms with van der Waals surface area (Å²) in [5, 5.41) is 25.6. The summed E-state index contributed by atoms with van der Waals surface area (Å²) in [6, 6.07) is 14.1. The number of aromatic nitrogens is 4. The molecule has 1 amide bonds. The number of amides is 1. The van der Waals surface area contributed by atoms with Crippen molar-refractivity contribution >= 4 is 17.5 Å². The predicted molar refractivity (Wildman–Crippen MR) is 104 cm³/mol. The molecular weight excluding hydrogens is 392 g/mol. The summed E-state index contributed by atoms with van der Waals surface area (Å²) in [6.45, 7) is 1.88. The van der Waals surface area contributed by atoms with Crippen molar-refractivity contribution in [3.05, 3.63) is 82.4 Å². The van der Waals surface area contributed by atoms with Crippen LogP contribution in [0.5, 0.6) is 11.6 Å². The molecule has 30 heavy (non-hydrogen) atoms. The van der Waals surface area contributed by atoms with Crippen molar-refractivity contribution in [2.75, 3.05) is 5.32 Å². The summed E-state index contributed by atoms with van der Waals surface area (Å²) in [4.78, 5) is 22.0. The first kappa shape index (κ1) is 18.8. The van der Waals surface area contributed by atoms with Gasteiger partial charge in [-0.2, -0.15) is 5.10 Å². The van der Waals surface area contributed by atoms with Gasteiger partial charge in [-0.15, -0.1) is 10.2 Å². The van der Waals surface area contributed by atoms with Crippen LogP contribution in [0.2, 0.25) is 0 Å². The summed E-state index contributed by atoms with van der Waals surface area (Å²) in [7, 11) is 0. The molecule has 0 bridgehead atoms. The number of carbonyl (C=O) groups excluding carboxylic acids is 1. The Morgan fingerprint density at radius 1 is 1.10 bits per heavy atom. The molecule has 4 rings (SSSR count). The van der Waals surface area contributed by atoms with Crippen LogP contribution in [0.15, 0.2) is 65.2 Å². The van der Waals surface area contributed by atoms with Gasteiger partial charge in [-0.05, 0) is 49.4 Å². The molecule has 1 N–H and O–H groups in total. The second kappa shape index (κ2) is 7.83. The minimum Gasteiger partial charge on any atom is -0.438 e. The molecule has 0 saturated heterocycles. The molecule has 0 aliphatic heterocycles. The summed E-state index contributed by atoms with van der Waals surface area (Å²) in [5.41, 5.74) is 1.33. The average molecular weight is 406 g/mol. The smallest absolute Gasteiger partial charge is 0.433 e. The third kappa shape index (κ3) is 4.14. The van der Waals surface area contributed by atoms with Crippen molar-refractivity contribution in [3.8, 4) is 17.4 Å². The van der Waals surface area contributed by atoms with Gasteiger partial charge in [-0.25, -0.2) is 4.68 Å². The number of ether oxygens (including phenoxy) is 1. The van der Waals surface area contributed by atoms with E-state index in [0.717, 1.165) is 11.8 Å². The fourth-order valence-electron chi connectivity index (χ4n) is 2.50. The zero-order chi connectivity index (χ0) is 21.1. The van der Waals surface area contributed by atoms with Crippen LogP contribution in [0.3, 0.4) is 0 Å². The number of rotatable bonds is 6. The molecule has 3 heterocycles. The second-order valence-electron chi connectivity index (χ2n) is 6.11. The molecule has 0 aliphatic carbocycles. The normalized spacial score (nSPS) is 10.6. The molecule has 0 atom stereocenters. The van der Waals surface area contributed by atoms with E-state index in [9.17, 15) is 14.9 Å². The Morgan fingerprint density at radius 2 is 1.90 bits per heavy atom. The molecule has 150 valence electrons. The number of nitrogens with one attached hydrogen (secondary N) is 1. The highest BCUT2D eigenvalue weighted by atomic mass is 16.6. The van der Waals surface area contributed by atoms with E-state index < -0.39 is 16.7 Å². The number of hydrogen-bond acceptors (Lipinski definition) is 8. The van der Waals surface area contributed by atoms with Crippen LogP contribution in [0.1, 0.15) is 16.2 Å². The summed E-state index contributed by atoms with van der Waals surface area (Å²) >= 11 is 0. The molecule has 11 heteroatoms. The Balaban J connectivity index is 1.38. The average Bonchev–Trinajstić information content (AvgIpc) is 3.40. The quantitative estimate of drug-likeness (QED) is 0.379. The van der Waals surface area contributed by atoms with Gasteiger partial charge >= 0.3 is 5.88 Å². The molecule has 11 nitrogen and oxygen atoms in total. The van der Waals surface area contributed by atoms with E-state index in [-0.39, 0.29) is 5.76 Å². The number of nitrogens with zero attached hydrogens (tertiary/aromatic N) is 5. The molecule has 0 spiro atoms. The molecular formula is C19H14N6O5. The first-order valence-corrected chi connectivity index (χ1v) is 8.68. The third-order valence-electron chi connectivity index (χ3n) is 3.91. The monoisotopic (exact) mass is 406 g/mol. The lowest BCUT2D eigenvalue weighted by Gasteiger charge is -2.07. The van der Waals surface area contributed by atoms with Crippen LogP contribution in [0, 0.1) is 17.0 Å². The lowest BCUT2D eigenvalue weighted by molar-refractivity contribution is -0.402. The first-order chi connectivity index (χ1) is 14.5. The molecule has 0 radical (unpaired) electrons. The number of hydrogen-bond donors (Lipinski definition) is 1. The van der Waals surface area contributed by atoms with Gasteiger partial charge in [0.2, 0.25) is 5.88 Å². The van der Waals surface area contributed by atoms with Crippen molar-refractivity contribution in [1.82, 2.24) is 20.0 Å². The topological polar surface area (TPSA) is 138 Å². The van der Waals surface area contributed by atoms with Gasteiger partial charge in [0, 0.05) is 18.0 Å². The highest BCUT2D eigenvalue weighted by Crippen LogP contribution is 2.22. The van der Waals surface area contributed by atoms with Crippen LogP contribution in [-0.2, 0) is 0 Å². The minimum absolute atomic E-state index is 0.162. The van der Waals surface area contributed by atoms with Gasteiger partial charge in [0.15, 0.2) is 11.6 Å². The van der Waals surface area contributed by atoms with Gasteiger partial charge < -0.3 is 14.5 Å². The maximum atomic E-state index is 12.1. The summed E-state index contributed by atoms with van der Waals surface area (Å²) in [6.07, 6.45) is 1.79. The van der Waals surface area contributed by atoms with Crippen LogP contribution in [0.25, 0.3) is 5.82 Å². The van der Waals surface area contributed by atoms with Crippen LogP contribution < -0.4 is 10.1 Å². The maximum Gasteiger partial charge on any atom is 0.433 e. The fourth-order valence-corrected chi connectivity index (χ4v) is 2.50.